The lowest BCUT2D eigenvalue weighted by molar-refractivity contribution is -0.174. The van der Waals surface area contributed by atoms with Crippen molar-refractivity contribution in [3.05, 3.63) is 29.3 Å². The summed E-state index contributed by atoms with van der Waals surface area (Å²) in [6, 6.07) is 5.41. The molecular formula is C14H19F3O3. The molecule has 0 aliphatic rings. The Labute approximate surface area is 116 Å². The highest BCUT2D eigenvalue weighted by Gasteiger charge is 2.27. The van der Waals surface area contributed by atoms with Gasteiger partial charge in [0.1, 0.15) is 12.4 Å². The summed E-state index contributed by atoms with van der Waals surface area (Å²) in [5, 5.41) is 9.63. The first-order valence-corrected chi connectivity index (χ1v) is 6.35. The minimum atomic E-state index is -4.29. The molecule has 1 aromatic carbocycles. The van der Waals surface area contributed by atoms with E-state index >= 15 is 0 Å². The molecule has 0 aliphatic carbocycles. The third-order valence-corrected chi connectivity index (χ3v) is 2.57. The van der Waals surface area contributed by atoms with Crippen LogP contribution in [0, 0.1) is 6.92 Å². The van der Waals surface area contributed by atoms with Crippen LogP contribution in [-0.4, -0.2) is 31.1 Å². The zero-order valence-electron chi connectivity index (χ0n) is 11.5. The van der Waals surface area contributed by atoms with E-state index in [-0.39, 0.29) is 13.2 Å². The van der Waals surface area contributed by atoms with Crippen LogP contribution in [0.4, 0.5) is 13.2 Å². The SMILES string of the molecule is Cc1ccc(OCCCOCC(F)(F)F)c([C@H](C)O)c1. The zero-order chi connectivity index (χ0) is 15.2. The van der Waals surface area contributed by atoms with E-state index in [0.717, 1.165) is 5.56 Å². The lowest BCUT2D eigenvalue weighted by atomic mass is 10.1. The van der Waals surface area contributed by atoms with Gasteiger partial charge in [-0.1, -0.05) is 11.6 Å². The number of hydrogen-bond acceptors (Lipinski definition) is 3. The number of halogens is 3. The van der Waals surface area contributed by atoms with Gasteiger partial charge in [-0.3, -0.25) is 0 Å². The van der Waals surface area contributed by atoms with Gasteiger partial charge in [-0.2, -0.15) is 13.2 Å². The van der Waals surface area contributed by atoms with E-state index in [2.05, 4.69) is 4.74 Å². The summed E-state index contributed by atoms with van der Waals surface area (Å²) in [4.78, 5) is 0. The van der Waals surface area contributed by atoms with Gasteiger partial charge in [-0.25, -0.2) is 0 Å². The lowest BCUT2D eigenvalue weighted by Gasteiger charge is -2.14. The van der Waals surface area contributed by atoms with Gasteiger partial charge in [0.05, 0.1) is 19.3 Å². The summed E-state index contributed by atoms with van der Waals surface area (Å²) < 4.78 is 45.4. The number of rotatable bonds is 7. The molecule has 0 aromatic heterocycles. The number of aliphatic hydroxyl groups is 1. The summed E-state index contributed by atoms with van der Waals surface area (Å²) in [5.74, 6) is 0.543. The summed E-state index contributed by atoms with van der Waals surface area (Å²) in [7, 11) is 0. The van der Waals surface area contributed by atoms with E-state index in [1.165, 1.54) is 0 Å². The molecule has 1 atom stereocenters. The Morgan fingerprint density at radius 1 is 1.25 bits per heavy atom. The van der Waals surface area contributed by atoms with Crippen LogP contribution in [-0.2, 0) is 4.74 Å². The molecule has 0 radical (unpaired) electrons. The molecule has 0 aliphatic heterocycles. The van der Waals surface area contributed by atoms with E-state index in [1.807, 2.05) is 19.1 Å². The first-order valence-electron chi connectivity index (χ1n) is 6.35. The van der Waals surface area contributed by atoms with Crippen molar-refractivity contribution < 1.29 is 27.8 Å². The van der Waals surface area contributed by atoms with Crippen molar-refractivity contribution in [2.24, 2.45) is 0 Å². The molecule has 1 N–H and O–H groups in total. The minimum Gasteiger partial charge on any atom is -0.493 e. The molecule has 6 heteroatoms. The van der Waals surface area contributed by atoms with Crippen LogP contribution >= 0.6 is 0 Å². The number of aliphatic hydroxyl groups excluding tert-OH is 1. The number of benzene rings is 1. The molecule has 0 amide bonds. The van der Waals surface area contributed by atoms with Gasteiger partial charge in [0.25, 0.3) is 0 Å². The van der Waals surface area contributed by atoms with Crippen LogP contribution < -0.4 is 4.74 Å². The first kappa shape index (κ1) is 16.8. The van der Waals surface area contributed by atoms with Gasteiger partial charge in [0.15, 0.2) is 0 Å². The van der Waals surface area contributed by atoms with E-state index in [0.29, 0.717) is 17.7 Å². The second kappa shape index (κ2) is 7.50. The smallest absolute Gasteiger partial charge is 0.411 e. The molecule has 0 fully saturated rings. The minimum absolute atomic E-state index is 0.0185. The summed E-state index contributed by atoms with van der Waals surface area (Å²) in [5.41, 5.74) is 1.67. The van der Waals surface area contributed by atoms with Crippen molar-refractivity contribution in [1.82, 2.24) is 0 Å². The maximum Gasteiger partial charge on any atom is 0.411 e. The largest absolute Gasteiger partial charge is 0.493 e. The Bertz CT molecular complexity index is 417. The summed E-state index contributed by atoms with van der Waals surface area (Å²) in [6.45, 7) is 2.52. The van der Waals surface area contributed by atoms with Crippen LogP contribution in [0.2, 0.25) is 0 Å². The van der Waals surface area contributed by atoms with Crippen molar-refractivity contribution >= 4 is 0 Å². The van der Waals surface area contributed by atoms with Crippen LogP contribution in [0.25, 0.3) is 0 Å². The molecule has 0 bridgehead atoms. The zero-order valence-corrected chi connectivity index (χ0v) is 11.5. The lowest BCUT2D eigenvalue weighted by Crippen LogP contribution is -2.18. The van der Waals surface area contributed by atoms with Crippen LogP contribution in [0.3, 0.4) is 0 Å². The molecule has 0 saturated carbocycles. The number of ether oxygens (including phenoxy) is 2. The number of hydrogen-bond donors (Lipinski definition) is 1. The fraction of sp³-hybridized carbons (Fsp3) is 0.571. The average molecular weight is 292 g/mol. The van der Waals surface area contributed by atoms with E-state index in [9.17, 15) is 18.3 Å². The maximum atomic E-state index is 11.8. The van der Waals surface area contributed by atoms with Gasteiger partial charge in [-0.15, -0.1) is 0 Å². The van der Waals surface area contributed by atoms with Gasteiger partial charge < -0.3 is 14.6 Å². The quantitative estimate of drug-likeness (QED) is 0.783. The van der Waals surface area contributed by atoms with Crippen LogP contribution in [0.15, 0.2) is 18.2 Å². The molecule has 0 heterocycles. The van der Waals surface area contributed by atoms with Crippen LogP contribution in [0.1, 0.15) is 30.6 Å². The van der Waals surface area contributed by atoms with Crippen molar-refractivity contribution in [1.29, 1.82) is 0 Å². The fourth-order valence-corrected chi connectivity index (χ4v) is 1.66. The highest BCUT2D eigenvalue weighted by molar-refractivity contribution is 5.38. The molecule has 20 heavy (non-hydrogen) atoms. The predicted octanol–water partition coefficient (Wildman–Crippen LogP) is 3.40. The highest BCUT2D eigenvalue weighted by Crippen LogP contribution is 2.26. The molecule has 0 spiro atoms. The molecule has 1 aromatic rings. The Morgan fingerprint density at radius 3 is 2.55 bits per heavy atom. The Morgan fingerprint density at radius 2 is 1.95 bits per heavy atom. The monoisotopic (exact) mass is 292 g/mol. The maximum absolute atomic E-state index is 11.8. The third-order valence-electron chi connectivity index (χ3n) is 2.57. The number of aryl methyl sites for hydroxylation is 1. The van der Waals surface area contributed by atoms with E-state index in [4.69, 9.17) is 4.74 Å². The Balaban J connectivity index is 2.35. The van der Waals surface area contributed by atoms with Gasteiger partial charge in [0.2, 0.25) is 0 Å². The van der Waals surface area contributed by atoms with E-state index in [1.54, 1.807) is 13.0 Å². The molecule has 0 unspecified atom stereocenters. The van der Waals surface area contributed by atoms with Crippen molar-refractivity contribution in [2.75, 3.05) is 19.8 Å². The third kappa shape index (κ3) is 6.25. The van der Waals surface area contributed by atoms with Crippen molar-refractivity contribution in [3.8, 4) is 5.75 Å². The van der Waals surface area contributed by atoms with Gasteiger partial charge in [0, 0.05) is 12.0 Å². The molecular weight excluding hydrogens is 273 g/mol. The second-order valence-corrected chi connectivity index (χ2v) is 4.59. The summed E-state index contributed by atoms with van der Waals surface area (Å²) in [6.07, 6.45) is -4.60. The summed E-state index contributed by atoms with van der Waals surface area (Å²) >= 11 is 0. The van der Waals surface area contributed by atoms with E-state index < -0.39 is 18.9 Å². The second-order valence-electron chi connectivity index (χ2n) is 4.59. The topological polar surface area (TPSA) is 38.7 Å². The first-order chi connectivity index (χ1) is 9.29. The molecule has 0 saturated heterocycles. The van der Waals surface area contributed by atoms with Crippen molar-refractivity contribution in [3.63, 3.8) is 0 Å². The molecule has 3 nitrogen and oxygen atoms in total. The molecule has 1 rings (SSSR count). The highest BCUT2D eigenvalue weighted by atomic mass is 19.4. The predicted molar refractivity (Wildman–Crippen MR) is 68.8 cm³/mol. The van der Waals surface area contributed by atoms with Crippen molar-refractivity contribution in [2.45, 2.75) is 32.5 Å². The van der Waals surface area contributed by atoms with Gasteiger partial charge >= 0.3 is 6.18 Å². The standard InChI is InChI=1S/C14H19F3O3/c1-10-4-5-13(12(8-10)11(2)18)20-7-3-6-19-9-14(15,16)17/h4-5,8,11,18H,3,6-7,9H2,1-2H3/t11-/m0/s1. The Kier molecular flexibility index (Phi) is 6.29. The van der Waals surface area contributed by atoms with Crippen LogP contribution in [0.5, 0.6) is 5.75 Å². The fourth-order valence-electron chi connectivity index (χ4n) is 1.66. The Hall–Kier alpha value is -1.27. The molecule has 114 valence electrons. The average Bonchev–Trinajstić information content (AvgIpc) is 2.33. The normalized spacial score (nSPS) is 13.3. The number of alkyl halides is 3. The van der Waals surface area contributed by atoms with Gasteiger partial charge in [-0.05, 0) is 26.0 Å².